The van der Waals surface area contributed by atoms with E-state index in [-0.39, 0.29) is 17.3 Å². The lowest BCUT2D eigenvalue weighted by atomic mass is 9.61. The molecule has 0 amide bonds. The van der Waals surface area contributed by atoms with E-state index < -0.39 is 0 Å². The molecule has 0 aromatic carbocycles. The molecule has 0 aliphatic heterocycles. The van der Waals surface area contributed by atoms with Gasteiger partial charge in [-0.2, -0.15) is 0 Å². The predicted octanol–water partition coefficient (Wildman–Crippen LogP) is 3.68. The molecule has 0 spiro atoms. The molecule has 3 heteroatoms. The summed E-state index contributed by atoms with van der Waals surface area (Å²) in [4.78, 5) is 0. The molecule has 21 heavy (non-hydrogen) atoms. The Hall–Kier alpha value is -0.0151. The molecule has 0 heterocycles. The Kier molecular flexibility index (Phi) is 7.26. The Balaban J connectivity index is 2.61. The SMILES string of the molecule is BC(C)(COC1CC(C)CCC1C(C)C)C(C)C(O)CC. The summed E-state index contributed by atoms with van der Waals surface area (Å²) in [5.41, 5.74) is 0. The molecule has 1 rings (SSSR count). The molecular weight excluding hydrogens is 259 g/mol. The van der Waals surface area contributed by atoms with Gasteiger partial charge in [-0.3, -0.25) is 0 Å². The van der Waals surface area contributed by atoms with Crippen LogP contribution in [0.1, 0.15) is 67.2 Å². The molecule has 0 aromatic rings. The van der Waals surface area contributed by atoms with Crippen molar-refractivity contribution < 1.29 is 9.84 Å². The van der Waals surface area contributed by atoms with Crippen LogP contribution in [-0.4, -0.2) is 31.8 Å². The molecule has 1 aliphatic carbocycles. The summed E-state index contributed by atoms with van der Waals surface area (Å²) in [6, 6.07) is 0. The molecule has 2 nitrogen and oxygen atoms in total. The normalized spacial score (nSPS) is 32.7. The van der Waals surface area contributed by atoms with E-state index in [4.69, 9.17) is 4.74 Å². The highest BCUT2D eigenvalue weighted by Crippen LogP contribution is 2.39. The zero-order valence-electron chi connectivity index (χ0n) is 15.4. The van der Waals surface area contributed by atoms with E-state index in [9.17, 15) is 5.11 Å². The van der Waals surface area contributed by atoms with Crippen molar-refractivity contribution in [2.24, 2.45) is 23.7 Å². The number of ether oxygens (including phenoxy) is 1. The topological polar surface area (TPSA) is 29.5 Å². The minimum Gasteiger partial charge on any atom is -0.393 e. The lowest BCUT2D eigenvalue weighted by Crippen LogP contribution is -2.38. The van der Waals surface area contributed by atoms with Gasteiger partial charge in [0, 0.05) is 6.61 Å². The quantitative estimate of drug-likeness (QED) is 0.726. The summed E-state index contributed by atoms with van der Waals surface area (Å²) in [5, 5.41) is 10.2. The average molecular weight is 296 g/mol. The summed E-state index contributed by atoms with van der Waals surface area (Å²) >= 11 is 0. The third-order valence-corrected chi connectivity index (χ3v) is 5.86. The third kappa shape index (κ3) is 5.28. The maximum atomic E-state index is 10.1. The van der Waals surface area contributed by atoms with Crippen LogP contribution < -0.4 is 0 Å². The zero-order chi connectivity index (χ0) is 16.2. The zero-order valence-corrected chi connectivity index (χ0v) is 15.4. The van der Waals surface area contributed by atoms with Gasteiger partial charge in [-0.1, -0.05) is 48.0 Å². The maximum Gasteiger partial charge on any atom is 0.112 e. The molecular formula is C18H37BO2. The van der Waals surface area contributed by atoms with Crippen molar-refractivity contribution in [3.05, 3.63) is 0 Å². The largest absolute Gasteiger partial charge is 0.393 e. The van der Waals surface area contributed by atoms with Gasteiger partial charge in [0.15, 0.2) is 0 Å². The minimum atomic E-state index is -0.227. The van der Waals surface area contributed by atoms with Gasteiger partial charge in [0.25, 0.3) is 0 Å². The Labute approximate surface area is 133 Å². The maximum absolute atomic E-state index is 10.1. The Morgan fingerprint density at radius 2 is 1.90 bits per heavy atom. The highest BCUT2D eigenvalue weighted by atomic mass is 16.5. The van der Waals surface area contributed by atoms with Crippen molar-refractivity contribution in [1.29, 1.82) is 0 Å². The van der Waals surface area contributed by atoms with Gasteiger partial charge >= 0.3 is 0 Å². The van der Waals surface area contributed by atoms with E-state index in [0.29, 0.717) is 17.9 Å². The fourth-order valence-corrected chi connectivity index (χ4v) is 3.63. The van der Waals surface area contributed by atoms with E-state index in [1.165, 1.54) is 19.3 Å². The molecule has 1 aliphatic rings. The second-order valence-corrected chi connectivity index (χ2v) is 8.43. The first-order chi connectivity index (χ1) is 9.69. The van der Waals surface area contributed by atoms with E-state index in [0.717, 1.165) is 18.9 Å². The third-order valence-electron chi connectivity index (χ3n) is 5.86. The first kappa shape index (κ1) is 19.0. The van der Waals surface area contributed by atoms with E-state index in [1.54, 1.807) is 0 Å². The van der Waals surface area contributed by atoms with Gasteiger partial charge in [-0.25, -0.2) is 0 Å². The number of hydrogen-bond donors (Lipinski definition) is 1. The molecule has 6 unspecified atom stereocenters. The van der Waals surface area contributed by atoms with Gasteiger partial charge in [-0.05, 0) is 48.2 Å². The summed E-state index contributed by atoms with van der Waals surface area (Å²) in [7, 11) is 2.23. The lowest BCUT2D eigenvalue weighted by Gasteiger charge is -2.41. The molecule has 0 saturated heterocycles. The van der Waals surface area contributed by atoms with Crippen LogP contribution in [0.15, 0.2) is 0 Å². The van der Waals surface area contributed by atoms with Crippen LogP contribution in [0.25, 0.3) is 0 Å². The summed E-state index contributed by atoms with van der Waals surface area (Å²) in [5.74, 6) is 2.44. The molecule has 0 aromatic heterocycles. The van der Waals surface area contributed by atoms with Crippen molar-refractivity contribution in [2.45, 2.75) is 84.7 Å². The summed E-state index contributed by atoms with van der Waals surface area (Å²) < 4.78 is 6.40. The smallest absolute Gasteiger partial charge is 0.112 e. The molecule has 0 bridgehead atoms. The van der Waals surface area contributed by atoms with Gasteiger partial charge in [0.05, 0.1) is 12.2 Å². The fraction of sp³-hybridized carbons (Fsp3) is 1.00. The van der Waals surface area contributed by atoms with E-state index in [2.05, 4.69) is 49.4 Å². The first-order valence-corrected chi connectivity index (χ1v) is 8.98. The highest BCUT2D eigenvalue weighted by Gasteiger charge is 2.35. The number of aliphatic hydroxyl groups is 1. The predicted molar refractivity (Wildman–Crippen MR) is 93.5 cm³/mol. The van der Waals surface area contributed by atoms with Crippen LogP contribution in [0.2, 0.25) is 5.31 Å². The Morgan fingerprint density at radius 3 is 2.43 bits per heavy atom. The highest BCUT2D eigenvalue weighted by molar-refractivity contribution is 6.15. The molecule has 1 fully saturated rings. The van der Waals surface area contributed by atoms with Crippen molar-refractivity contribution in [3.63, 3.8) is 0 Å². The van der Waals surface area contributed by atoms with Crippen LogP contribution in [0.3, 0.4) is 0 Å². The monoisotopic (exact) mass is 296 g/mol. The standard InChI is InChI=1S/C18H37BO2/c1-7-16(20)14(5)18(6,19)11-21-17-10-13(4)8-9-15(17)12(2)3/h12-17,20H,7-11,19H2,1-6H3. The van der Waals surface area contributed by atoms with Gasteiger partial charge in [0.1, 0.15) is 7.85 Å². The molecule has 124 valence electrons. The second kappa shape index (κ2) is 8.01. The van der Waals surface area contributed by atoms with Crippen LogP contribution in [0, 0.1) is 23.7 Å². The van der Waals surface area contributed by atoms with Crippen LogP contribution in [0.5, 0.6) is 0 Å². The number of hydrogen-bond acceptors (Lipinski definition) is 2. The molecule has 6 atom stereocenters. The first-order valence-electron chi connectivity index (χ1n) is 8.98. The minimum absolute atomic E-state index is 0.0254. The van der Waals surface area contributed by atoms with Crippen molar-refractivity contribution in [2.75, 3.05) is 6.61 Å². The summed E-state index contributed by atoms with van der Waals surface area (Å²) in [6.45, 7) is 14.2. The van der Waals surface area contributed by atoms with E-state index >= 15 is 0 Å². The van der Waals surface area contributed by atoms with Crippen molar-refractivity contribution in [1.82, 2.24) is 0 Å². The lowest BCUT2D eigenvalue weighted by molar-refractivity contribution is -0.0588. The van der Waals surface area contributed by atoms with Crippen molar-refractivity contribution in [3.8, 4) is 0 Å². The van der Waals surface area contributed by atoms with Crippen molar-refractivity contribution >= 4 is 7.85 Å². The fourth-order valence-electron chi connectivity index (χ4n) is 3.63. The van der Waals surface area contributed by atoms with E-state index in [1.807, 2.05) is 0 Å². The van der Waals surface area contributed by atoms with Crippen LogP contribution in [0.4, 0.5) is 0 Å². The second-order valence-electron chi connectivity index (χ2n) is 8.43. The molecule has 1 N–H and O–H groups in total. The molecule has 1 saturated carbocycles. The van der Waals surface area contributed by atoms with Crippen LogP contribution >= 0.6 is 0 Å². The van der Waals surface area contributed by atoms with Gasteiger partial charge in [-0.15, -0.1) is 0 Å². The van der Waals surface area contributed by atoms with Gasteiger partial charge in [0.2, 0.25) is 0 Å². The molecule has 0 radical (unpaired) electrons. The Morgan fingerprint density at radius 1 is 1.29 bits per heavy atom. The number of aliphatic hydroxyl groups excluding tert-OH is 1. The van der Waals surface area contributed by atoms with Crippen LogP contribution in [-0.2, 0) is 4.74 Å². The number of rotatable bonds is 7. The Bertz CT molecular complexity index is 304. The average Bonchev–Trinajstić information content (AvgIpc) is 2.43. The summed E-state index contributed by atoms with van der Waals surface area (Å²) in [6.07, 6.45) is 4.84. The van der Waals surface area contributed by atoms with Gasteiger partial charge < -0.3 is 9.84 Å².